The van der Waals surface area contributed by atoms with Crippen molar-refractivity contribution in [2.45, 2.75) is 13.5 Å². The zero-order chi connectivity index (χ0) is 20.8. The molecule has 0 bridgehead atoms. The summed E-state index contributed by atoms with van der Waals surface area (Å²) in [6.45, 7) is 2.01. The molecular weight excluding hydrogens is 385 g/mol. The number of nitrogens with zero attached hydrogens (tertiary/aromatic N) is 4. The normalized spacial score (nSPS) is 11.4. The Hall–Kier alpha value is -4.07. The van der Waals surface area contributed by atoms with E-state index in [0.29, 0.717) is 39.0 Å². The van der Waals surface area contributed by atoms with Gasteiger partial charge in [-0.2, -0.15) is 0 Å². The van der Waals surface area contributed by atoms with Crippen molar-refractivity contribution in [3.63, 3.8) is 0 Å². The quantitative estimate of drug-likeness (QED) is 0.495. The zero-order valence-corrected chi connectivity index (χ0v) is 16.0. The van der Waals surface area contributed by atoms with Gasteiger partial charge in [0.05, 0.1) is 23.8 Å². The first-order valence-corrected chi connectivity index (χ1v) is 9.25. The summed E-state index contributed by atoms with van der Waals surface area (Å²) < 4.78 is 21.8. The van der Waals surface area contributed by atoms with Gasteiger partial charge >= 0.3 is 0 Å². The number of hydrogen-bond donors (Lipinski definition) is 1. The van der Waals surface area contributed by atoms with Crippen molar-refractivity contribution in [3.8, 4) is 11.1 Å². The van der Waals surface area contributed by atoms with Crippen molar-refractivity contribution in [2.24, 2.45) is 0 Å². The highest BCUT2D eigenvalue weighted by Crippen LogP contribution is 2.28. The highest BCUT2D eigenvalue weighted by Gasteiger charge is 2.19. The Balaban J connectivity index is 1.79. The smallest absolute Gasteiger partial charge is 0.201 e. The second-order valence-corrected chi connectivity index (χ2v) is 6.99. The van der Waals surface area contributed by atoms with Crippen LogP contribution in [0.2, 0.25) is 0 Å². The molecule has 2 N–H and O–H groups in total. The molecule has 30 heavy (non-hydrogen) atoms. The largest absolute Gasteiger partial charge is 0.458 e. The van der Waals surface area contributed by atoms with Crippen molar-refractivity contribution in [3.05, 3.63) is 82.5 Å². The second-order valence-electron chi connectivity index (χ2n) is 6.99. The van der Waals surface area contributed by atoms with E-state index in [4.69, 9.17) is 10.2 Å². The van der Waals surface area contributed by atoms with Crippen molar-refractivity contribution in [2.75, 3.05) is 5.73 Å². The molecule has 0 unspecified atom stereocenters. The van der Waals surface area contributed by atoms with Crippen LogP contribution in [0, 0.1) is 12.7 Å². The summed E-state index contributed by atoms with van der Waals surface area (Å²) in [5, 5.41) is 0.475. The minimum atomic E-state index is -0.434. The van der Waals surface area contributed by atoms with E-state index < -0.39 is 5.82 Å². The Labute approximate surface area is 169 Å². The van der Waals surface area contributed by atoms with E-state index >= 15 is 0 Å². The number of nitrogen functional groups attached to an aromatic ring is 1. The van der Waals surface area contributed by atoms with E-state index in [1.807, 2.05) is 19.1 Å². The first-order chi connectivity index (χ1) is 14.5. The number of nitrogens with two attached hydrogens (primary N) is 1. The summed E-state index contributed by atoms with van der Waals surface area (Å²) in [7, 11) is 0. The molecule has 8 heteroatoms. The van der Waals surface area contributed by atoms with E-state index in [1.165, 1.54) is 18.5 Å². The number of halogens is 1. The second kappa shape index (κ2) is 6.77. The molecule has 0 fully saturated rings. The molecule has 0 amide bonds. The van der Waals surface area contributed by atoms with Gasteiger partial charge in [-0.1, -0.05) is 24.3 Å². The molecule has 0 atom stereocenters. The Kier molecular flexibility index (Phi) is 4.06. The Morgan fingerprint density at radius 3 is 2.80 bits per heavy atom. The van der Waals surface area contributed by atoms with Crippen molar-refractivity contribution in [1.82, 2.24) is 19.5 Å². The maximum absolute atomic E-state index is 14.0. The molecule has 0 aliphatic rings. The number of hydrogen-bond acceptors (Lipinski definition) is 6. The van der Waals surface area contributed by atoms with Gasteiger partial charge in [0.2, 0.25) is 5.43 Å². The summed E-state index contributed by atoms with van der Waals surface area (Å²) >= 11 is 0. The molecule has 3 heterocycles. The Bertz CT molecular complexity index is 1490. The minimum Gasteiger partial charge on any atom is -0.458 e. The Morgan fingerprint density at radius 1 is 1.13 bits per heavy atom. The van der Waals surface area contributed by atoms with Gasteiger partial charge in [0.25, 0.3) is 0 Å². The lowest BCUT2D eigenvalue weighted by Gasteiger charge is -2.12. The number of rotatable bonds is 3. The van der Waals surface area contributed by atoms with Gasteiger partial charge in [-0.05, 0) is 36.2 Å². The summed E-state index contributed by atoms with van der Waals surface area (Å²) in [6.07, 6.45) is 2.91. The maximum atomic E-state index is 14.0. The number of anilines is 1. The van der Waals surface area contributed by atoms with Crippen LogP contribution in [-0.4, -0.2) is 19.5 Å². The predicted octanol–water partition coefficient (Wildman–Crippen LogP) is 3.68. The average molecular weight is 401 g/mol. The standard InChI is InChI=1S/C22H16FN5O2/c1-12-4-2-7-15-17(12)20(29)18(13-5-3-6-14(23)8-13)16(30-15)9-28-11-27-19-21(24)25-10-26-22(19)28/h2-8,10-11H,9H2,1H3,(H2,24,25,26). The molecule has 7 nitrogen and oxygen atoms in total. The summed E-state index contributed by atoms with van der Waals surface area (Å²) in [6, 6.07) is 11.3. The predicted molar refractivity (Wildman–Crippen MR) is 111 cm³/mol. The highest BCUT2D eigenvalue weighted by atomic mass is 19.1. The van der Waals surface area contributed by atoms with Crippen molar-refractivity contribution in [1.29, 1.82) is 0 Å². The molecule has 0 spiro atoms. The molecular formula is C22H16FN5O2. The van der Waals surface area contributed by atoms with Gasteiger partial charge in [0.1, 0.15) is 29.0 Å². The molecule has 5 aromatic rings. The van der Waals surface area contributed by atoms with Gasteiger partial charge in [-0.25, -0.2) is 19.3 Å². The maximum Gasteiger partial charge on any atom is 0.201 e. The molecule has 0 radical (unpaired) electrons. The van der Waals surface area contributed by atoms with E-state index in [-0.39, 0.29) is 17.8 Å². The minimum absolute atomic E-state index is 0.165. The van der Waals surface area contributed by atoms with E-state index in [2.05, 4.69) is 15.0 Å². The third kappa shape index (κ3) is 2.81. The van der Waals surface area contributed by atoms with Crippen molar-refractivity contribution >= 4 is 28.0 Å². The molecule has 148 valence electrons. The SMILES string of the molecule is Cc1cccc2oc(Cn3cnc4c(N)ncnc43)c(-c3cccc(F)c3)c(=O)c12. The van der Waals surface area contributed by atoms with Crippen LogP contribution in [0.1, 0.15) is 11.3 Å². The first-order valence-electron chi connectivity index (χ1n) is 9.25. The fourth-order valence-corrected chi connectivity index (χ4v) is 3.67. The molecule has 5 rings (SSSR count). The zero-order valence-electron chi connectivity index (χ0n) is 16.0. The number of aromatic nitrogens is 4. The summed E-state index contributed by atoms with van der Waals surface area (Å²) in [5.74, 6) is 0.205. The molecule has 0 saturated heterocycles. The van der Waals surface area contributed by atoms with Crippen LogP contribution in [-0.2, 0) is 6.54 Å². The van der Waals surface area contributed by atoms with Crippen LogP contribution in [0.15, 0.2) is 64.3 Å². The topological polar surface area (TPSA) is 99.8 Å². The molecule has 3 aromatic heterocycles. The summed E-state index contributed by atoms with van der Waals surface area (Å²) in [5.41, 5.74) is 8.64. The third-order valence-corrected chi connectivity index (χ3v) is 5.06. The van der Waals surface area contributed by atoms with E-state index in [1.54, 1.807) is 29.1 Å². The fraction of sp³-hybridized carbons (Fsp3) is 0.0909. The highest BCUT2D eigenvalue weighted by molar-refractivity contribution is 5.86. The van der Waals surface area contributed by atoms with Crippen LogP contribution in [0.25, 0.3) is 33.3 Å². The van der Waals surface area contributed by atoms with Crippen LogP contribution >= 0.6 is 0 Å². The number of aryl methyl sites for hydroxylation is 1. The van der Waals surface area contributed by atoms with Gasteiger partial charge in [-0.15, -0.1) is 0 Å². The lowest BCUT2D eigenvalue weighted by molar-refractivity contribution is 0.521. The lowest BCUT2D eigenvalue weighted by Crippen LogP contribution is -2.13. The van der Waals surface area contributed by atoms with Crippen LogP contribution in [0.3, 0.4) is 0 Å². The monoisotopic (exact) mass is 401 g/mol. The number of imidazole rings is 1. The average Bonchev–Trinajstić information content (AvgIpc) is 3.12. The van der Waals surface area contributed by atoms with Crippen LogP contribution in [0.5, 0.6) is 0 Å². The third-order valence-electron chi connectivity index (χ3n) is 5.06. The fourth-order valence-electron chi connectivity index (χ4n) is 3.67. The van der Waals surface area contributed by atoms with Crippen LogP contribution in [0.4, 0.5) is 10.2 Å². The number of benzene rings is 2. The Morgan fingerprint density at radius 2 is 1.97 bits per heavy atom. The van der Waals surface area contributed by atoms with Crippen LogP contribution < -0.4 is 11.2 Å². The molecule has 0 saturated carbocycles. The first kappa shape index (κ1) is 18.0. The molecule has 0 aliphatic carbocycles. The van der Waals surface area contributed by atoms with E-state index in [9.17, 15) is 9.18 Å². The van der Waals surface area contributed by atoms with Gasteiger partial charge < -0.3 is 14.7 Å². The van der Waals surface area contributed by atoms with Crippen molar-refractivity contribution < 1.29 is 8.81 Å². The lowest BCUT2D eigenvalue weighted by atomic mass is 10.00. The molecule has 2 aromatic carbocycles. The van der Waals surface area contributed by atoms with Gasteiger partial charge in [-0.3, -0.25) is 4.79 Å². The van der Waals surface area contributed by atoms with Gasteiger partial charge in [0.15, 0.2) is 11.5 Å². The van der Waals surface area contributed by atoms with Gasteiger partial charge in [0, 0.05) is 0 Å². The van der Waals surface area contributed by atoms with E-state index in [0.717, 1.165) is 5.56 Å². The number of fused-ring (bicyclic) bond motifs is 2. The molecule has 0 aliphatic heterocycles. The summed E-state index contributed by atoms with van der Waals surface area (Å²) in [4.78, 5) is 25.9.